The first-order valence-corrected chi connectivity index (χ1v) is 16.0. The van der Waals surface area contributed by atoms with E-state index in [1.165, 1.54) is 29.3 Å². The van der Waals surface area contributed by atoms with Crippen LogP contribution < -0.4 is 15.4 Å². The van der Waals surface area contributed by atoms with Crippen molar-refractivity contribution in [1.29, 1.82) is 0 Å². The summed E-state index contributed by atoms with van der Waals surface area (Å²) >= 11 is 7.78. The van der Waals surface area contributed by atoms with Gasteiger partial charge in [-0.2, -0.15) is 0 Å². The third-order valence-electron chi connectivity index (χ3n) is 8.31. The van der Waals surface area contributed by atoms with E-state index in [0.29, 0.717) is 22.1 Å². The van der Waals surface area contributed by atoms with Crippen molar-refractivity contribution in [3.8, 4) is 5.75 Å². The van der Waals surface area contributed by atoms with E-state index in [1.807, 2.05) is 32.9 Å². The Labute approximate surface area is 270 Å². The van der Waals surface area contributed by atoms with Crippen LogP contribution in [0.25, 0.3) is 0 Å². The number of para-hydroxylation sites is 1. The molecule has 45 heavy (non-hydrogen) atoms. The predicted molar refractivity (Wildman–Crippen MR) is 168 cm³/mol. The quantitative estimate of drug-likeness (QED) is 0.258. The Hall–Kier alpha value is -3.58. The maximum atomic E-state index is 13.7. The summed E-state index contributed by atoms with van der Waals surface area (Å²) in [7, 11) is 0. The van der Waals surface area contributed by atoms with Crippen LogP contribution in [0.2, 0.25) is 5.02 Å². The number of amides is 3. The number of fused-ring (bicyclic) bond motifs is 1. The summed E-state index contributed by atoms with van der Waals surface area (Å²) in [5.41, 5.74) is 2.34. The predicted octanol–water partition coefficient (Wildman–Crippen LogP) is 3.15. The Kier molecular flexibility index (Phi) is 10.1. The second-order valence-corrected chi connectivity index (χ2v) is 13.9. The van der Waals surface area contributed by atoms with Crippen molar-refractivity contribution in [2.24, 2.45) is 5.92 Å². The number of oxazole rings is 1. The first kappa shape index (κ1) is 32.8. The molecule has 0 radical (unpaired) electrons. The van der Waals surface area contributed by atoms with Gasteiger partial charge < -0.3 is 34.9 Å². The van der Waals surface area contributed by atoms with Gasteiger partial charge in [0.15, 0.2) is 6.39 Å². The molecule has 3 heterocycles. The molecule has 0 saturated carbocycles. The number of aliphatic hydroxyl groups excluding tert-OH is 2. The lowest BCUT2D eigenvalue weighted by atomic mass is 9.92. The van der Waals surface area contributed by atoms with Gasteiger partial charge in [-0.15, -0.1) is 11.8 Å². The van der Waals surface area contributed by atoms with Crippen LogP contribution in [0.3, 0.4) is 0 Å². The van der Waals surface area contributed by atoms with Crippen molar-refractivity contribution in [3.05, 3.63) is 82.5 Å². The summed E-state index contributed by atoms with van der Waals surface area (Å²) in [5.74, 6) is -1.29. The second kappa shape index (κ2) is 13.8. The third kappa shape index (κ3) is 7.30. The molecule has 0 spiro atoms. The van der Waals surface area contributed by atoms with Gasteiger partial charge in [0, 0.05) is 34.2 Å². The molecule has 1 saturated heterocycles. The zero-order valence-electron chi connectivity index (χ0n) is 25.2. The van der Waals surface area contributed by atoms with Crippen molar-refractivity contribution in [2.75, 3.05) is 12.5 Å². The van der Waals surface area contributed by atoms with Crippen LogP contribution in [0.1, 0.15) is 48.8 Å². The molecule has 2 aliphatic rings. The number of hydrogen-bond acceptors (Lipinski definition) is 9. The van der Waals surface area contributed by atoms with E-state index < -0.39 is 46.8 Å². The molecule has 5 rings (SSSR count). The van der Waals surface area contributed by atoms with E-state index in [4.69, 9.17) is 20.8 Å². The van der Waals surface area contributed by atoms with Gasteiger partial charge in [0.2, 0.25) is 11.8 Å². The summed E-state index contributed by atoms with van der Waals surface area (Å²) in [6, 6.07) is 11.0. The number of nitrogens with zero attached hydrogens (tertiary/aromatic N) is 2. The average molecular weight is 657 g/mol. The third-order valence-corrected chi connectivity index (χ3v) is 10.0. The fourth-order valence-corrected chi connectivity index (χ4v) is 7.23. The van der Waals surface area contributed by atoms with Gasteiger partial charge in [-0.05, 0) is 50.5 Å². The summed E-state index contributed by atoms with van der Waals surface area (Å²) in [6.07, 6.45) is -0.0839. The molecule has 3 amide bonds. The zero-order chi connectivity index (χ0) is 32.3. The van der Waals surface area contributed by atoms with Crippen LogP contribution in [0.5, 0.6) is 5.75 Å². The smallest absolute Gasteiger partial charge is 0.252 e. The maximum absolute atomic E-state index is 13.7. The number of thioether (sulfide) groups is 1. The number of halogens is 1. The molecule has 3 aromatic rings. The number of aliphatic hydroxyl groups is 2. The SMILES string of the molecule is Cc1cccc(Cl)c1CNC(=O)[C@H]1N(C(=O)[C@@H](O)C[C@@H](Cc2cnco2)C(=O)N[C@H]2c3ccccc3OCC2O)CSC1(C)C. The fraction of sp³-hybridized carbons (Fsp3) is 0.438. The molecule has 1 fully saturated rings. The molecular formula is C32H37ClN4O7S. The molecule has 13 heteroatoms. The number of nitrogens with one attached hydrogen (secondary N) is 2. The van der Waals surface area contributed by atoms with Crippen molar-refractivity contribution in [3.63, 3.8) is 0 Å². The van der Waals surface area contributed by atoms with Crippen LogP contribution in [-0.2, 0) is 27.3 Å². The highest BCUT2D eigenvalue weighted by molar-refractivity contribution is 8.00. The Morgan fingerprint density at radius 2 is 1.98 bits per heavy atom. The summed E-state index contributed by atoms with van der Waals surface area (Å²) in [4.78, 5) is 46.2. The van der Waals surface area contributed by atoms with E-state index in [0.717, 1.165) is 11.1 Å². The molecule has 1 unspecified atom stereocenters. The lowest BCUT2D eigenvalue weighted by Gasteiger charge is -2.33. The number of carbonyl (C=O) groups is 3. The zero-order valence-corrected chi connectivity index (χ0v) is 26.8. The van der Waals surface area contributed by atoms with Crippen molar-refractivity contribution < 1.29 is 33.8 Å². The molecule has 1 aromatic heterocycles. The molecule has 11 nitrogen and oxygen atoms in total. The van der Waals surface area contributed by atoms with E-state index in [9.17, 15) is 24.6 Å². The Morgan fingerprint density at radius 1 is 1.20 bits per heavy atom. The molecule has 0 aliphatic carbocycles. The van der Waals surface area contributed by atoms with Gasteiger partial charge in [0.1, 0.15) is 36.4 Å². The normalized spacial score (nSPS) is 21.7. The standard InChI is InChI=1S/C32H37ClN4O7S/c1-18-7-6-9-23(33)22(18)14-35-30(41)28-32(2,3)45-17-37(28)31(42)24(38)12-19(11-20-13-34-16-44-20)29(40)36-27-21-8-4-5-10-26(21)43-15-25(27)39/h4-10,13,16,19,24-25,27-28,38-39H,11-12,14-15,17H2,1-3H3,(H,35,41)(H,36,40)/t19-,24+,25?,27+,28-/m1/s1. The number of carbonyl (C=O) groups excluding carboxylic acids is 3. The number of rotatable bonds is 10. The second-order valence-electron chi connectivity index (χ2n) is 11.9. The molecule has 4 N–H and O–H groups in total. The topological polar surface area (TPSA) is 154 Å². The van der Waals surface area contributed by atoms with Gasteiger partial charge in [-0.1, -0.05) is 41.9 Å². The average Bonchev–Trinajstić information content (AvgIpc) is 3.64. The molecule has 0 bridgehead atoms. The number of ether oxygens (including phenoxy) is 1. The molecule has 240 valence electrons. The molecular weight excluding hydrogens is 620 g/mol. The van der Waals surface area contributed by atoms with Gasteiger partial charge >= 0.3 is 0 Å². The fourth-order valence-electron chi connectivity index (χ4n) is 5.80. The van der Waals surface area contributed by atoms with E-state index >= 15 is 0 Å². The lowest BCUT2D eigenvalue weighted by Crippen LogP contribution is -2.55. The number of benzene rings is 2. The number of aryl methyl sites for hydroxylation is 1. The van der Waals surface area contributed by atoms with Crippen molar-refractivity contribution in [2.45, 2.75) is 69.2 Å². The molecule has 2 aliphatic heterocycles. The van der Waals surface area contributed by atoms with Crippen LogP contribution in [0.15, 0.2) is 59.5 Å². The van der Waals surface area contributed by atoms with Gasteiger partial charge in [0.05, 0.1) is 18.1 Å². The summed E-state index contributed by atoms with van der Waals surface area (Å²) in [5, 5.41) is 28.3. The first-order valence-electron chi connectivity index (χ1n) is 14.7. The number of hydrogen-bond donors (Lipinski definition) is 4. The highest BCUT2D eigenvalue weighted by Gasteiger charge is 2.49. The highest BCUT2D eigenvalue weighted by Crippen LogP contribution is 2.40. The van der Waals surface area contributed by atoms with Crippen molar-refractivity contribution in [1.82, 2.24) is 20.5 Å². The van der Waals surface area contributed by atoms with E-state index in [2.05, 4.69) is 15.6 Å². The monoisotopic (exact) mass is 656 g/mol. The van der Waals surface area contributed by atoms with E-state index in [-0.39, 0.29) is 37.8 Å². The van der Waals surface area contributed by atoms with Gasteiger partial charge in [-0.25, -0.2) is 4.98 Å². The highest BCUT2D eigenvalue weighted by atomic mass is 35.5. The van der Waals surface area contributed by atoms with Gasteiger partial charge in [-0.3, -0.25) is 14.4 Å². The first-order chi connectivity index (χ1) is 21.5. The van der Waals surface area contributed by atoms with Crippen LogP contribution in [0.4, 0.5) is 0 Å². The molecule has 5 atom stereocenters. The Balaban J connectivity index is 1.31. The van der Waals surface area contributed by atoms with Gasteiger partial charge in [0.25, 0.3) is 5.91 Å². The number of aromatic nitrogens is 1. The minimum atomic E-state index is -1.59. The Bertz CT molecular complexity index is 1520. The minimum Gasteiger partial charge on any atom is -0.490 e. The van der Waals surface area contributed by atoms with Crippen LogP contribution >= 0.6 is 23.4 Å². The summed E-state index contributed by atoms with van der Waals surface area (Å²) in [6.45, 7) is 5.84. The largest absolute Gasteiger partial charge is 0.490 e. The van der Waals surface area contributed by atoms with E-state index in [1.54, 1.807) is 30.3 Å². The minimum absolute atomic E-state index is 0.00223. The van der Waals surface area contributed by atoms with Crippen LogP contribution in [-0.4, -0.2) is 73.3 Å². The Morgan fingerprint density at radius 3 is 2.71 bits per heavy atom. The van der Waals surface area contributed by atoms with Crippen molar-refractivity contribution >= 4 is 41.1 Å². The maximum Gasteiger partial charge on any atom is 0.252 e. The lowest BCUT2D eigenvalue weighted by molar-refractivity contribution is -0.147. The molecule has 2 aromatic carbocycles. The van der Waals surface area contributed by atoms with Crippen LogP contribution in [0, 0.1) is 12.8 Å². The summed E-state index contributed by atoms with van der Waals surface area (Å²) < 4.78 is 10.3.